The summed E-state index contributed by atoms with van der Waals surface area (Å²) in [6.45, 7) is 4.59. The maximum absolute atomic E-state index is 13.0. The highest BCUT2D eigenvalue weighted by molar-refractivity contribution is 6.30. The van der Waals surface area contributed by atoms with Crippen LogP contribution in [-0.4, -0.2) is 24.4 Å². The summed E-state index contributed by atoms with van der Waals surface area (Å²) in [4.78, 5) is 25.7. The van der Waals surface area contributed by atoms with E-state index in [1.54, 1.807) is 24.3 Å². The van der Waals surface area contributed by atoms with Gasteiger partial charge in [0.25, 0.3) is 5.91 Å². The van der Waals surface area contributed by atoms with Crippen LogP contribution in [0.15, 0.2) is 84.9 Å². The van der Waals surface area contributed by atoms with Gasteiger partial charge in [-0.3, -0.25) is 9.59 Å². The number of amides is 2. The molecule has 33 heavy (non-hydrogen) atoms. The third-order valence-corrected chi connectivity index (χ3v) is 5.82. The first kappa shape index (κ1) is 24.5. The van der Waals surface area contributed by atoms with E-state index in [4.69, 9.17) is 11.6 Å². The molecule has 0 bridgehead atoms. The van der Waals surface area contributed by atoms with Crippen molar-refractivity contribution in [1.82, 2.24) is 10.6 Å². The highest BCUT2D eigenvalue weighted by atomic mass is 35.5. The van der Waals surface area contributed by atoms with Crippen LogP contribution in [0.25, 0.3) is 0 Å². The number of hydrogen-bond acceptors (Lipinski definition) is 2. The molecule has 5 heteroatoms. The predicted molar refractivity (Wildman–Crippen MR) is 135 cm³/mol. The van der Waals surface area contributed by atoms with E-state index in [0.29, 0.717) is 23.6 Å². The molecule has 2 N–H and O–H groups in total. The summed E-state index contributed by atoms with van der Waals surface area (Å²) in [5.41, 5.74) is 2.91. The lowest BCUT2D eigenvalue weighted by atomic mass is 9.88. The molecule has 1 atom stereocenters. The van der Waals surface area contributed by atoms with Crippen LogP contribution >= 0.6 is 11.6 Å². The zero-order valence-electron chi connectivity index (χ0n) is 19.1. The Morgan fingerprint density at radius 1 is 0.818 bits per heavy atom. The number of hydrogen-bond donors (Lipinski definition) is 2. The average Bonchev–Trinajstić information content (AvgIpc) is 2.82. The molecule has 0 spiro atoms. The van der Waals surface area contributed by atoms with Gasteiger partial charge in [0.15, 0.2) is 0 Å². The molecular weight excluding hydrogens is 432 g/mol. The fraction of sp³-hybridized carbons (Fsp3) is 0.286. The Labute approximate surface area is 201 Å². The van der Waals surface area contributed by atoms with Crippen molar-refractivity contribution in [3.05, 3.63) is 107 Å². The van der Waals surface area contributed by atoms with E-state index in [1.807, 2.05) is 50.2 Å². The maximum atomic E-state index is 13.0. The highest BCUT2D eigenvalue weighted by Crippen LogP contribution is 2.27. The molecule has 0 aliphatic carbocycles. The highest BCUT2D eigenvalue weighted by Gasteiger charge is 2.23. The van der Waals surface area contributed by atoms with Gasteiger partial charge in [0, 0.05) is 23.0 Å². The standard InChI is InChI=1S/C28H31ClN2O2/c1-20(2)19-26(31-27(32)23-13-15-24(29)16-14-23)28(33)30-18-17-25(21-9-5-3-6-10-21)22-11-7-4-8-12-22/h3-16,20,25-26H,17-19H2,1-2H3,(H,30,33)(H,31,32)/t26-/m0/s1. The first-order valence-corrected chi connectivity index (χ1v) is 11.8. The number of halogens is 1. The second kappa shape index (κ2) is 12.2. The fourth-order valence-electron chi connectivity index (χ4n) is 3.91. The van der Waals surface area contributed by atoms with Crippen molar-refractivity contribution < 1.29 is 9.59 Å². The van der Waals surface area contributed by atoms with Crippen molar-refractivity contribution in [2.45, 2.75) is 38.6 Å². The minimum absolute atomic E-state index is 0.161. The van der Waals surface area contributed by atoms with E-state index in [0.717, 1.165) is 6.42 Å². The van der Waals surface area contributed by atoms with E-state index >= 15 is 0 Å². The van der Waals surface area contributed by atoms with Crippen molar-refractivity contribution >= 4 is 23.4 Å². The Kier molecular flexibility index (Phi) is 9.08. The molecule has 0 aliphatic heterocycles. The predicted octanol–water partition coefficient (Wildman–Crippen LogP) is 5.82. The van der Waals surface area contributed by atoms with Gasteiger partial charge < -0.3 is 10.6 Å². The van der Waals surface area contributed by atoms with Gasteiger partial charge in [-0.05, 0) is 54.2 Å². The average molecular weight is 463 g/mol. The van der Waals surface area contributed by atoms with Crippen LogP contribution in [0.1, 0.15) is 54.1 Å². The normalized spacial score (nSPS) is 11.9. The Balaban J connectivity index is 1.64. The minimum Gasteiger partial charge on any atom is -0.354 e. The van der Waals surface area contributed by atoms with Crippen molar-refractivity contribution in [2.24, 2.45) is 5.92 Å². The number of carbonyl (C=O) groups is 2. The molecular formula is C28H31ClN2O2. The molecule has 3 aromatic rings. The van der Waals surface area contributed by atoms with E-state index in [9.17, 15) is 9.59 Å². The van der Waals surface area contributed by atoms with Gasteiger partial charge >= 0.3 is 0 Å². The number of benzene rings is 3. The molecule has 0 unspecified atom stereocenters. The van der Waals surface area contributed by atoms with E-state index in [1.165, 1.54) is 11.1 Å². The van der Waals surface area contributed by atoms with Crippen LogP contribution in [0, 0.1) is 5.92 Å². The van der Waals surface area contributed by atoms with Crippen LogP contribution in [0.2, 0.25) is 5.02 Å². The summed E-state index contributed by atoms with van der Waals surface area (Å²) in [5.74, 6) is -0.00244. The zero-order valence-corrected chi connectivity index (χ0v) is 19.9. The monoisotopic (exact) mass is 462 g/mol. The number of rotatable bonds is 10. The van der Waals surface area contributed by atoms with Crippen molar-refractivity contribution in [3.8, 4) is 0 Å². The summed E-state index contributed by atoms with van der Waals surface area (Å²) < 4.78 is 0. The Bertz CT molecular complexity index is 981. The topological polar surface area (TPSA) is 58.2 Å². The first-order chi connectivity index (χ1) is 15.9. The quantitative estimate of drug-likeness (QED) is 0.398. The molecule has 0 saturated heterocycles. The molecule has 0 fully saturated rings. The van der Waals surface area contributed by atoms with Gasteiger partial charge in [0.05, 0.1) is 0 Å². The van der Waals surface area contributed by atoms with Gasteiger partial charge in [-0.15, -0.1) is 0 Å². The molecule has 0 heterocycles. The molecule has 0 saturated carbocycles. The Hall–Kier alpha value is -3.11. The van der Waals surface area contributed by atoms with Crippen LogP contribution in [-0.2, 0) is 4.79 Å². The Morgan fingerprint density at radius 3 is 1.88 bits per heavy atom. The van der Waals surface area contributed by atoms with Crippen molar-refractivity contribution in [2.75, 3.05) is 6.54 Å². The zero-order chi connectivity index (χ0) is 23.6. The summed E-state index contributed by atoms with van der Waals surface area (Å²) in [6.07, 6.45) is 1.32. The lowest BCUT2D eigenvalue weighted by molar-refractivity contribution is -0.123. The molecule has 3 aromatic carbocycles. The molecule has 172 valence electrons. The molecule has 4 nitrogen and oxygen atoms in total. The minimum atomic E-state index is -0.597. The Morgan fingerprint density at radius 2 is 1.36 bits per heavy atom. The lowest BCUT2D eigenvalue weighted by Gasteiger charge is -2.22. The molecule has 0 aromatic heterocycles. The summed E-state index contributed by atoms with van der Waals surface area (Å²) in [5, 5.41) is 6.50. The summed E-state index contributed by atoms with van der Waals surface area (Å²) in [6, 6.07) is 26.7. The smallest absolute Gasteiger partial charge is 0.251 e. The van der Waals surface area contributed by atoms with Crippen molar-refractivity contribution in [1.29, 1.82) is 0 Å². The molecule has 2 amide bonds. The van der Waals surface area contributed by atoms with Gasteiger partial charge in [0.1, 0.15) is 6.04 Å². The van der Waals surface area contributed by atoms with Crippen LogP contribution < -0.4 is 10.6 Å². The third kappa shape index (κ3) is 7.47. The molecule has 3 rings (SSSR count). The number of carbonyl (C=O) groups excluding carboxylic acids is 2. The van der Waals surface area contributed by atoms with Crippen LogP contribution in [0.4, 0.5) is 0 Å². The number of nitrogens with one attached hydrogen (secondary N) is 2. The fourth-order valence-corrected chi connectivity index (χ4v) is 4.03. The van der Waals surface area contributed by atoms with Gasteiger partial charge in [-0.25, -0.2) is 0 Å². The van der Waals surface area contributed by atoms with Crippen LogP contribution in [0.3, 0.4) is 0 Å². The summed E-state index contributed by atoms with van der Waals surface area (Å²) in [7, 11) is 0. The third-order valence-electron chi connectivity index (χ3n) is 5.57. The lowest BCUT2D eigenvalue weighted by Crippen LogP contribution is -2.47. The van der Waals surface area contributed by atoms with E-state index < -0.39 is 6.04 Å². The molecule has 0 radical (unpaired) electrons. The summed E-state index contributed by atoms with van der Waals surface area (Å²) >= 11 is 5.92. The molecule has 0 aliphatic rings. The largest absolute Gasteiger partial charge is 0.354 e. The van der Waals surface area contributed by atoms with Crippen LogP contribution in [0.5, 0.6) is 0 Å². The van der Waals surface area contributed by atoms with Gasteiger partial charge in [-0.2, -0.15) is 0 Å². The van der Waals surface area contributed by atoms with E-state index in [2.05, 4.69) is 34.9 Å². The second-order valence-corrected chi connectivity index (χ2v) is 9.05. The first-order valence-electron chi connectivity index (χ1n) is 11.4. The van der Waals surface area contributed by atoms with Gasteiger partial charge in [0.2, 0.25) is 5.91 Å². The van der Waals surface area contributed by atoms with E-state index in [-0.39, 0.29) is 23.7 Å². The van der Waals surface area contributed by atoms with Gasteiger partial charge in [-0.1, -0.05) is 86.1 Å². The SMILES string of the molecule is CC(C)C[C@H](NC(=O)c1ccc(Cl)cc1)C(=O)NCCC(c1ccccc1)c1ccccc1. The van der Waals surface area contributed by atoms with Crippen molar-refractivity contribution in [3.63, 3.8) is 0 Å². The maximum Gasteiger partial charge on any atom is 0.251 e. The second-order valence-electron chi connectivity index (χ2n) is 8.62.